The number of hydrazine groups is 1. The normalized spacial score (nSPS) is 43.2. The third-order valence-electron chi connectivity index (χ3n) is 4.52. The van der Waals surface area contributed by atoms with Crippen LogP contribution >= 0.6 is 0 Å². The van der Waals surface area contributed by atoms with Gasteiger partial charge in [-0.2, -0.15) is 0 Å². The average Bonchev–Trinajstić information content (AvgIpc) is 3.13. The summed E-state index contributed by atoms with van der Waals surface area (Å²) in [6.07, 6.45) is 2.53. The van der Waals surface area contributed by atoms with Crippen molar-refractivity contribution in [1.82, 2.24) is 16.2 Å². The second-order valence-corrected chi connectivity index (χ2v) is 6.12. The summed E-state index contributed by atoms with van der Waals surface area (Å²) in [5, 5.41) is 12.4. The Balaban J connectivity index is 1.50. The van der Waals surface area contributed by atoms with Crippen LogP contribution in [0.2, 0.25) is 0 Å². The van der Waals surface area contributed by atoms with Crippen LogP contribution < -0.4 is 16.2 Å². The van der Waals surface area contributed by atoms with Crippen LogP contribution in [0.5, 0.6) is 0 Å². The molecule has 0 radical (unpaired) electrons. The molecule has 1 heterocycles. The number of alkyl halides is 1. The number of carbonyl (C=O) groups is 1. The Labute approximate surface area is 112 Å². The maximum absolute atomic E-state index is 13.8. The highest BCUT2D eigenvalue weighted by Gasteiger charge is 2.39. The molecule has 1 aliphatic heterocycles. The Hall–Kier alpha value is -0.720. The summed E-state index contributed by atoms with van der Waals surface area (Å²) in [5.74, 6) is -0.257. The predicted molar refractivity (Wildman–Crippen MR) is 67.6 cm³/mol. The van der Waals surface area contributed by atoms with Crippen molar-refractivity contribution in [2.45, 2.75) is 63.0 Å². The number of amides is 1. The number of hydrogen-bond acceptors (Lipinski definition) is 4. The van der Waals surface area contributed by atoms with Gasteiger partial charge in [0.15, 0.2) is 0 Å². The van der Waals surface area contributed by atoms with Crippen LogP contribution in [0, 0.1) is 11.8 Å². The molecule has 0 aromatic rings. The number of carbonyl (C=O) groups excluding carboxylic acids is 1. The van der Waals surface area contributed by atoms with Crippen LogP contribution in [0.4, 0.5) is 4.39 Å². The lowest BCUT2D eigenvalue weighted by molar-refractivity contribution is -0.130. The van der Waals surface area contributed by atoms with Gasteiger partial charge in [-0.1, -0.05) is 0 Å². The number of hydrogen-bond donors (Lipinski definition) is 4. The monoisotopic (exact) mass is 271 g/mol. The number of aliphatic hydroxyl groups excluding tert-OH is 1. The van der Waals surface area contributed by atoms with E-state index in [0.29, 0.717) is 12.5 Å². The average molecular weight is 271 g/mol. The lowest BCUT2D eigenvalue weighted by Gasteiger charge is -2.29. The lowest BCUT2D eigenvalue weighted by atomic mass is 9.85. The van der Waals surface area contributed by atoms with E-state index in [1.165, 1.54) is 12.8 Å². The fourth-order valence-electron chi connectivity index (χ4n) is 3.14. The van der Waals surface area contributed by atoms with Crippen molar-refractivity contribution in [2.24, 2.45) is 11.8 Å². The second-order valence-electron chi connectivity index (χ2n) is 6.12. The van der Waals surface area contributed by atoms with Crippen LogP contribution in [0.1, 0.15) is 38.5 Å². The number of rotatable bonds is 3. The molecule has 4 N–H and O–H groups in total. The van der Waals surface area contributed by atoms with Gasteiger partial charge in [0.1, 0.15) is 6.17 Å². The summed E-state index contributed by atoms with van der Waals surface area (Å²) in [6.45, 7) is 0. The molecule has 3 aliphatic rings. The smallest absolute Gasteiger partial charge is 0.227 e. The van der Waals surface area contributed by atoms with Gasteiger partial charge in [-0.05, 0) is 44.4 Å². The third kappa shape index (κ3) is 3.07. The molecule has 3 rings (SSSR count). The number of nitrogens with one attached hydrogen (secondary N) is 3. The summed E-state index contributed by atoms with van der Waals surface area (Å²) >= 11 is 0. The molecule has 5 unspecified atom stereocenters. The van der Waals surface area contributed by atoms with Gasteiger partial charge >= 0.3 is 0 Å². The van der Waals surface area contributed by atoms with Crippen LogP contribution in [-0.2, 0) is 4.79 Å². The van der Waals surface area contributed by atoms with Crippen molar-refractivity contribution in [2.75, 3.05) is 0 Å². The van der Waals surface area contributed by atoms with Crippen LogP contribution in [0.25, 0.3) is 0 Å². The zero-order valence-electron chi connectivity index (χ0n) is 10.9. The van der Waals surface area contributed by atoms with E-state index in [1.807, 2.05) is 0 Å². The van der Waals surface area contributed by atoms with E-state index in [-0.39, 0.29) is 24.9 Å². The minimum absolute atomic E-state index is 0.121. The highest BCUT2D eigenvalue weighted by molar-refractivity contribution is 5.79. The fraction of sp³-hybridized carbons (Fsp3) is 0.923. The van der Waals surface area contributed by atoms with Crippen molar-refractivity contribution < 1.29 is 14.3 Å². The van der Waals surface area contributed by atoms with E-state index in [4.69, 9.17) is 0 Å². The molecule has 1 saturated heterocycles. The van der Waals surface area contributed by atoms with Gasteiger partial charge in [0, 0.05) is 6.04 Å². The lowest BCUT2D eigenvalue weighted by Crippen LogP contribution is -2.49. The maximum Gasteiger partial charge on any atom is 0.227 e. The van der Waals surface area contributed by atoms with Crippen LogP contribution in [-0.4, -0.2) is 35.5 Å². The largest absolute Gasteiger partial charge is 0.393 e. The predicted octanol–water partition coefficient (Wildman–Crippen LogP) is 0.204. The molecule has 0 aromatic carbocycles. The van der Waals surface area contributed by atoms with Crippen LogP contribution in [0.15, 0.2) is 0 Å². The third-order valence-corrected chi connectivity index (χ3v) is 4.52. The summed E-state index contributed by atoms with van der Waals surface area (Å²) in [5.41, 5.74) is 6.25. The molecule has 19 heavy (non-hydrogen) atoms. The topological polar surface area (TPSA) is 73.4 Å². The van der Waals surface area contributed by atoms with Gasteiger partial charge in [-0.15, -0.1) is 0 Å². The maximum atomic E-state index is 13.8. The van der Waals surface area contributed by atoms with Gasteiger partial charge in [0.05, 0.1) is 18.2 Å². The van der Waals surface area contributed by atoms with Gasteiger partial charge in [-0.3, -0.25) is 10.2 Å². The summed E-state index contributed by atoms with van der Waals surface area (Å²) < 4.78 is 13.8. The van der Waals surface area contributed by atoms with Crippen molar-refractivity contribution in [1.29, 1.82) is 0 Å². The van der Waals surface area contributed by atoms with E-state index in [2.05, 4.69) is 16.2 Å². The van der Waals surface area contributed by atoms with Crippen molar-refractivity contribution in [3.63, 3.8) is 0 Å². The van der Waals surface area contributed by atoms with Crippen LogP contribution in [0.3, 0.4) is 0 Å². The molecule has 1 amide bonds. The van der Waals surface area contributed by atoms with E-state index in [0.717, 1.165) is 12.3 Å². The summed E-state index contributed by atoms with van der Waals surface area (Å²) in [6, 6.07) is 0.420. The quantitative estimate of drug-likeness (QED) is 0.592. The Morgan fingerprint density at radius 2 is 1.95 bits per heavy atom. The second kappa shape index (κ2) is 5.34. The van der Waals surface area contributed by atoms with Gasteiger partial charge < -0.3 is 10.4 Å². The van der Waals surface area contributed by atoms with Gasteiger partial charge in [-0.25, -0.2) is 9.82 Å². The Morgan fingerprint density at radius 1 is 1.16 bits per heavy atom. The van der Waals surface area contributed by atoms with Crippen molar-refractivity contribution in [3.05, 3.63) is 0 Å². The molecule has 108 valence electrons. The molecular weight excluding hydrogens is 249 g/mol. The highest BCUT2D eigenvalue weighted by Crippen LogP contribution is 2.35. The molecule has 6 heteroatoms. The Bertz CT molecular complexity index is 351. The first-order chi connectivity index (χ1) is 9.13. The van der Waals surface area contributed by atoms with Gasteiger partial charge in [0.25, 0.3) is 0 Å². The Morgan fingerprint density at radius 3 is 2.68 bits per heavy atom. The van der Waals surface area contributed by atoms with E-state index >= 15 is 0 Å². The van der Waals surface area contributed by atoms with Gasteiger partial charge in [0.2, 0.25) is 5.91 Å². The first kappa shape index (κ1) is 13.3. The van der Waals surface area contributed by atoms with Crippen molar-refractivity contribution >= 4 is 5.91 Å². The molecule has 0 spiro atoms. The fourth-order valence-corrected chi connectivity index (χ4v) is 3.14. The van der Waals surface area contributed by atoms with E-state index < -0.39 is 18.2 Å². The minimum Gasteiger partial charge on any atom is -0.393 e. The summed E-state index contributed by atoms with van der Waals surface area (Å²) in [4.78, 5) is 12.1. The van der Waals surface area contributed by atoms with Crippen molar-refractivity contribution in [3.8, 4) is 0 Å². The first-order valence-corrected chi connectivity index (χ1v) is 7.27. The van der Waals surface area contributed by atoms with E-state index in [9.17, 15) is 14.3 Å². The molecule has 5 atom stereocenters. The molecule has 5 nitrogen and oxygen atoms in total. The molecule has 0 bridgehead atoms. The summed E-state index contributed by atoms with van der Waals surface area (Å²) in [7, 11) is 0. The number of halogens is 1. The molecular formula is C13H22FN3O2. The standard InChI is InChI=1S/C13H22FN3O2/c14-10-4-3-8(18)5-9(10)13(19)15-12-6-11(16-17-12)7-1-2-7/h7-12,16-18H,1-6H2,(H,15,19). The molecule has 2 saturated carbocycles. The number of aliphatic hydroxyl groups is 1. The van der Waals surface area contributed by atoms with E-state index in [1.54, 1.807) is 0 Å². The Kier molecular flexibility index (Phi) is 3.73. The SMILES string of the molecule is O=C(NC1CC(C2CC2)NN1)C1CC(O)CCC1F. The minimum atomic E-state index is -1.13. The zero-order chi connectivity index (χ0) is 13.4. The molecule has 0 aromatic heterocycles. The highest BCUT2D eigenvalue weighted by atomic mass is 19.1. The first-order valence-electron chi connectivity index (χ1n) is 7.27. The molecule has 3 fully saturated rings. The zero-order valence-corrected chi connectivity index (χ0v) is 10.9. The molecule has 2 aliphatic carbocycles.